The molecule has 5 rings (SSSR count). The van der Waals surface area contributed by atoms with E-state index >= 15 is 0 Å². The lowest BCUT2D eigenvalue weighted by molar-refractivity contribution is -0.116. The zero-order chi connectivity index (χ0) is 23.3. The SMILES string of the molecule is COc1cc([C@@H]2CC(=O)Nc3c(C(=O)O)cn(-c4ccc(F)cc4)c32)c(OC)c2c1OCO2. The quantitative estimate of drug-likeness (QED) is 0.607. The van der Waals surface area contributed by atoms with Gasteiger partial charge in [-0.2, -0.15) is 0 Å². The van der Waals surface area contributed by atoms with Gasteiger partial charge in [0.15, 0.2) is 11.5 Å². The Hall–Kier alpha value is -4.21. The highest BCUT2D eigenvalue weighted by Crippen LogP contribution is 2.54. The van der Waals surface area contributed by atoms with Crippen LogP contribution < -0.4 is 24.3 Å². The highest BCUT2D eigenvalue weighted by Gasteiger charge is 2.38. The molecule has 0 unspecified atom stereocenters. The van der Waals surface area contributed by atoms with Crippen LogP contribution in [0.15, 0.2) is 36.5 Å². The molecule has 10 heteroatoms. The minimum Gasteiger partial charge on any atom is -0.493 e. The number of nitrogens with zero attached hydrogens (tertiary/aromatic N) is 1. The van der Waals surface area contributed by atoms with E-state index in [0.29, 0.717) is 39.9 Å². The third-order valence-electron chi connectivity index (χ3n) is 5.75. The largest absolute Gasteiger partial charge is 0.493 e. The van der Waals surface area contributed by atoms with Crippen LogP contribution in [-0.4, -0.2) is 42.6 Å². The highest BCUT2D eigenvalue weighted by molar-refractivity contribution is 6.04. The number of aromatic carboxylic acids is 1. The van der Waals surface area contributed by atoms with Gasteiger partial charge in [0.05, 0.1) is 25.6 Å². The second-order valence-corrected chi connectivity index (χ2v) is 7.53. The van der Waals surface area contributed by atoms with E-state index in [1.54, 1.807) is 10.6 Å². The molecule has 3 aromatic rings. The normalized spacial score (nSPS) is 16.2. The Morgan fingerprint density at radius 3 is 2.58 bits per heavy atom. The Bertz CT molecular complexity index is 1280. The lowest BCUT2D eigenvalue weighted by Crippen LogP contribution is -2.26. The third-order valence-corrected chi connectivity index (χ3v) is 5.75. The first-order chi connectivity index (χ1) is 15.9. The summed E-state index contributed by atoms with van der Waals surface area (Å²) in [5.74, 6) is -1.12. The molecule has 2 aromatic carbocycles. The maximum Gasteiger partial charge on any atom is 0.339 e. The van der Waals surface area contributed by atoms with Gasteiger partial charge in [-0.25, -0.2) is 9.18 Å². The van der Waals surface area contributed by atoms with Crippen LogP contribution in [0, 0.1) is 5.82 Å². The predicted molar refractivity (Wildman–Crippen MR) is 113 cm³/mol. The van der Waals surface area contributed by atoms with Gasteiger partial charge in [0, 0.05) is 29.8 Å². The van der Waals surface area contributed by atoms with Crippen molar-refractivity contribution < 1.29 is 38.0 Å². The molecule has 1 aromatic heterocycles. The van der Waals surface area contributed by atoms with Crippen molar-refractivity contribution in [3.8, 4) is 28.7 Å². The molecule has 2 aliphatic heterocycles. The Kier molecular flexibility index (Phi) is 4.85. The van der Waals surface area contributed by atoms with Crippen LogP contribution in [0.1, 0.15) is 34.0 Å². The molecule has 0 aliphatic carbocycles. The Morgan fingerprint density at radius 1 is 1.18 bits per heavy atom. The molecule has 170 valence electrons. The van der Waals surface area contributed by atoms with Gasteiger partial charge in [0.2, 0.25) is 24.2 Å². The summed E-state index contributed by atoms with van der Waals surface area (Å²) in [5, 5.41) is 12.5. The number of hydrogen-bond acceptors (Lipinski definition) is 6. The topological polar surface area (TPSA) is 108 Å². The number of rotatable bonds is 5. The van der Waals surface area contributed by atoms with E-state index in [0.717, 1.165) is 0 Å². The van der Waals surface area contributed by atoms with Crippen molar-refractivity contribution in [1.29, 1.82) is 0 Å². The summed E-state index contributed by atoms with van der Waals surface area (Å²) >= 11 is 0. The first-order valence-corrected chi connectivity index (χ1v) is 10.0. The summed E-state index contributed by atoms with van der Waals surface area (Å²) in [6, 6.07) is 7.33. The third kappa shape index (κ3) is 3.22. The van der Waals surface area contributed by atoms with E-state index in [2.05, 4.69) is 5.32 Å². The average Bonchev–Trinajstić information content (AvgIpc) is 3.43. The first-order valence-electron chi connectivity index (χ1n) is 10.0. The molecule has 0 spiro atoms. The van der Waals surface area contributed by atoms with Crippen LogP contribution in [0.25, 0.3) is 5.69 Å². The van der Waals surface area contributed by atoms with E-state index in [1.165, 1.54) is 44.7 Å². The summed E-state index contributed by atoms with van der Waals surface area (Å²) in [6.45, 7) is -0.0168. The smallest absolute Gasteiger partial charge is 0.339 e. The van der Waals surface area contributed by atoms with Gasteiger partial charge in [-0.05, 0) is 30.3 Å². The number of carbonyl (C=O) groups is 2. The molecule has 9 nitrogen and oxygen atoms in total. The number of carbonyl (C=O) groups excluding carboxylic acids is 1. The van der Waals surface area contributed by atoms with Crippen molar-refractivity contribution in [3.63, 3.8) is 0 Å². The molecule has 0 saturated heterocycles. The van der Waals surface area contributed by atoms with Crippen molar-refractivity contribution >= 4 is 17.6 Å². The van der Waals surface area contributed by atoms with Gasteiger partial charge in [-0.1, -0.05) is 0 Å². The van der Waals surface area contributed by atoms with E-state index in [1.807, 2.05) is 0 Å². The van der Waals surface area contributed by atoms with Crippen molar-refractivity contribution in [2.45, 2.75) is 12.3 Å². The summed E-state index contributed by atoms with van der Waals surface area (Å²) < 4.78 is 37.4. The van der Waals surface area contributed by atoms with Gasteiger partial charge in [-0.3, -0.25) is 4.79 Å². The van der Waals surface area contributed by atoms with Gasteiger partial charge >= 0.3 is 5.97 Å². The van der Waals surface area contributed by atoms with Gasteiger partial charge in [0.25, 0.3) is 0 Å². The van der Waals surface area contributed by atoms with Gasteiger partial charge in [0.1, 0.15) is 11.4 Å². The van der Waals surface area contributed by atoms with Gasteiger partial charge in [-0.15, -0.1) is 0 Å². The fourth-order valence-corrected chi connectivity index (χ4v) is 4.36. The molecule has 1 amide bonds. The van der Waals surface area contributed by atoms with Crippen LogP contribution >= 0.6 is 0 Å². The Labute approximate surface area is 187 Å². The minimum absolute atomic E-state index is 0.0103. The number of methoxy groups -OCH3 is 2. The molecule has 0 bridgehead atoms. The molecule has 0 radical (unpaired) electrons. The number of carboxylic acids is 1. The summed E-state index contributed by atoms with van der Waals surface area (Å²) in [5.41, 5.74) is 1.70. The molecule has 2 N–H and O–H groups in total. The lowest BCUT2D eigenvalue weighted by Gasteiger charge is -2.28. The molecule has 2 aliphatic rings. The van der Waals surface area contributed by atoms with E-state index in [4.69, 9.17) is 18.9 Å². The molecule has 3 heterocycles. The number of benzene rings is 2. The number of anilines is 1. The average molecular weight is 454 g/mol. The zero-order valence-corrected chi connectivity index (χ0v) is 17.7. The Morgan fingerprint density at radius 2 is 1.91 bits per heavy atom. The van der Waals surface area contributed by atoms with Crippen LogP contribution in [0.2, 0.25) is 0 Å². The monoisotopic (exact) mass is 454 g/mol. The fraction of sp³-hybridized carbons (Fsp3) is 0.217. The van der Waals surface area contributed by atoms with Crippen molar-refractivity contribution in [2.24, 2.45) is 0 Å². The predicted octanol–water partition coefficient (Wildman–Crippen LogP) is 3.53. The highest BCUT2D eigenvalue weighted by atomic mass is 19.1. The number of nitrogens with one attached hydrogen (secondary N) is 1. The number of halogens is 1. The summed E-state index contributed by atoms with van der Waals surface area (Å²) in [7, 11) is 2.95. The van der Waals surface area contributed by atoms with E-state index in [9.17, 15) is 19.1 Å². The van der Waals surface area contributed by atoms with Crippen molar-refractivity contribution in [3.05, 3.63) is 59.2 Å². The second-order valence-electron chi connectivity index (χ2n) is 7.53. The minimum atomic E-state index is -1.21. The molecule has 1 atom stereocenters. The van der Waals surface area contributed by atoms with E-state index < -0.39 is 17.7 Å². The number of ether oxygens (including phenoxy) is 4. The Balaban J connectivity index is 1.79. The molecule has 0 fully saturated rings. The second kappa shape index (κ2) is 7.73. The van der Waals surface area contributed by atoms with Gasteiger partial charge < -0.3 is 33.9 Å². The molecule has 0 saturated carbocycles. The molecular formula is C23H19FN2O7. The van der Waals surface area contributed by atoms with Crippen LogP contribution in [0.3, 0.4) is 0 Å². The summed E-state index contributed by atoms with van der Waals surface area (Å²) in [4.78, 5) is 24.7. The van der Waals surface area contributed by atoms with E-state index in [-0.39, 0.29) is 30.4 Å². The van der Waals surface area contributed by atoms with Crippen LogP contribution in [0.5, 0.6) is 23.0 Å². The standard InChI is InChI=1S/C23H19FN2O7/c1-30-16-7-14(20(31-2)22-21(16)32-10-33-22)13-8-17(27)25-18-15(23(28)29)9-26(19(13)18)12-5-3-11(24)4-6-12/h3-7,9,13H,8,10H2,1-2H3,(H,25,27)(H,28,29)/t13-/m0/s1. The van der Waals surface area contributed by atoms with Crippen molar-refractivity contribution in [1.82, 2.24) is 4.57 Å². The number of carboxylic acid groups (broad SMARTS) is 1. The molecule has 33 heavy (non-hydrogen) atoms. The first kappa shape index (κ1) is 20.7. The zero-order valence-electron chi connectivity index (χ0n) is 17.7. The maximum atomic E-state index is 13.6. The lowest BCUT2D eigenvalue weighted by atomic mass is 9.87. The number of hydrogen-bond donors (Lipinski definition) is 2. The van der Waals surface area contributed by atoms with Crippen molar-refractivity contribution in [2.75, 3.05) is 26.3 Å². The van der Waals surface area contributed by atoms with Crippen LogP contribution in [-0.2, 0) is 4.79 Å². The fourth-order valence-electron chi connectivity index (χ4n) is 4.36. The number of aromatic nitrogens is 1. The van der Waals surface area contributed by atoms with Crippen LogP contribution in [0.4, 0.5) is 10.1 Å². The molecular weight excluding hydrogens is 435 g/mol. The summed E-state index contributed by atoms with van der Waals surface area (Å²) in [6.07, 6.45) is 1.42. The number of fused-ring (bicyclic) bond motifs is 2. The number of amides is 1. The maximum absolute atomic E-state index is 13.6.